The van der Waals surface area contributed by atoms with Crippen molar-refractivity contribution in [3.63, 3.8) is 0 Å². The monoisotopic (exact) mass is 686 g/mol. The summed E-state index contributed by atoms with van der Waals surface area (Å²) in [6.45, 7) is 12.3. The Labute approximate surface area is 292 Å². The molecular formula is C37H58N4O8. The molecule has 0 bridgehead atoms. The predicted molar refractivity (Wildman–Crippen MR) is 188 cm³/mol. The van der Waals surface area contributed by atoms with Gasteiger partial charge < -0.3 is 34.2 Å². The van der Waals surface area contributed by atoms with Crippen LogP contribution in [-0.4, -0.2) is 93.6 Å². The van der Waals surface area contributed by atoms with E-state index in [1.54, 1.807) is 11.1 Å². The van der Waals surface area contributed by atoms with Crippen molar-refractivity contribution in [1.82, 2.24) is 9.97 Å². The van der Waals surface area contributed by atoms with Crippen molar-refractivity contribution in [1.29, 1.82) is 0 Å². The molecule has 0 fully saturated rings. The van der Waals surface area contributed by atoms with E-state index in [-0.39, 0.29) is 18.0 Å². The number of anilines is 1. The number of pyridine rings is 2. The Hall–Kier alpha value is -3.32. The fourth-order valence-corrected chi connectivity index (χ4v) is 5.52. The second kappa shape index (κ2) is 22.4. The van der Waals surface area contributed by atoms with Gasteiger partial charge in [0, 0.05) is 31.0 Å². The number of carbonyl (C=O) groups is 2. The number of aryl methyl sites for hydroxylation is 2. The van der Waals surface area contributed by atoms with E-state index in [0.29, 0.717) is 78.2 Å². The molecule has 1 aliphatic rings. The fraction of sp³-hybridized carbons (Fsp3) is 0.676. The molecule has 3 rings (SSSR count). The van der Waals surface area contributed by atoms with Crippen LogP contribution in [0.1, 0.15) is 95.4 Å². The first-order valence-electron chi connectivity index (χ1n) is 17.9. The first-order chi connectivity index (χ1) is 23.7. The van der Waals surface area contributed by atoms with Crippen LogP contribution in [-0.2, 0) is 41.3 Å². The molecule has 1 atom stereocenters. The van der Waals surface area contributed by atoms with E-state index in [9.17, 15) is 9.59 Å². The lowest BCUT2D eigenvalue weighted by Gasteiger charge is -2.31. The largest absolute Gasteiger partial charge is 0.475 e. The number of aromatic nitrogens is 2. The van der Waals surface area contributed by atoms with Crippen LogP contribution >= 0.6 is 0 Å². The van der Waals surface area contributed by atoms with Gasteiger partial charge in [-0.3, -0.25) is 9.69 Å². The predicted octanol–water partition coefficient (Wildman–Crippen LogP) is 5.78. The van der Waals surface area contributed by atoms with Crippen LogP contribution < -0.4 is 15.4 Å². The van der Waals surface area contributed by atoms with Gasteiger partial charge in [0.05, 0.1) is 52.7 Å². The quantitative estimate of drug-likeness (QED) is 0.112. The number of hydrogen-bond acceptors (Lipinski definition) is 11. The Morgan fingerprint density at radius 1 is 0.918 bits per heavy atom. The molecule has 2 N–H and O–H groups in total. The van der Waals surface area contributed by atoms with Gasteiger partial charge in [0.25, 0.3) is 0 Å². The van der Waals surface area contributed by atoms with Crippen molar-refractivity contribution in [3.8, 4) is 5.88 Å². The van der Waals surface area contributed by atoms with Gasteiger partial charge in [0.2, 0.25) is 5.88 Å². The van der Waals surface area contributed by atoms with Gasteiger partial charge in [0.1, 0.15) is 18.0 Å². The molecule has 0 saturated heterocycles. The third kappa shape index (κ3) is 15.8. The molecule has 49 heavy (non-hydrogen) atoms. The van der Waals surface area contributed by atoms with Crippen LogP contribution in [0.25, 0.3) is 0 Å². The number of fused-ring (bicyclic) bond motifs is 1. The molecule has 274 valence electrons. The van der Waals surface area contributed by atoms with Gasteiger partial charge in [-0.15, -0.1) is 0 Å². The molecule has 3 heterocycles. The van der Waals surface area contributed by atoms with Crippen molar-refractivity contribution >= 4 is 17.9 Å². The highest BCUT2D eigenvalue weighted by Crippen LogP contribution is 2.29. The molecule has 12 nitrogen and oxygen atoms in total. The summed E-state index contributed by atoms with van der Waals surface area (Å²) < 4.78 is 32.9. The Balaban J connectivity index is 1.39. The Bertz CT molecular complexity index is 1240. The zero-order valence-corrected chi connectivity index (χ0v) is 30.1. The van der Waals surface area contributed by atoms with E-state index in [0.717, 1.165) is 74.0 Å². The minimum Gasteiger partial charge on any atom is -0.475 e. The van der Waals surface area contributed by atoms with E-state index in [1.807, 2.05) is 39.8 Å². The molecule has 0 spiro atoms. The smallest absolute Gasteiger partial charge is 0.416 e. The molecule has 0 saturated carbocycles. The van der Waals surface area contributed by atoms with Crippen molar-refractivity contribution in [3.05, 3.63) is 47.3 Å². The van der Waals surface area contributed by atoms with Gasteiger partial charge in [-0.1, -0.05) is 31.4 Å². The third-order valence-corrected chi connectivity index (χ3v) is 7.88. The highest BCUT2D eigenvalue weighted by molar-refractivity contribution is 5.88. The molecule has 2 aromatic rings. The lowest BCUT2D eigenvalue weighted by molar-refractivity contribution is -0.143. The minimum atomic E-state index is -0.552. The standard InChI is InChI=1S/C37H58N4O8/c1-5-47-34(42)27-30(31-15-17-33(39-28-31)48-26-25-46-24-23-45-22-21-44-20-18-38)11-8-6-7-9-13-32-16-14-29-12-10-19-41(35(29)40-32)36(43)49-37(2,3)4/h14-17,28,30H,5-13,18-27,38H2,1-4H3. The van der Waals surface area contributed by atoms with Crippen LogP contribution in [0.15, 0.2) is 30.5 Å². The SMILES string of the molecule is CCOC(=O)CC(CCCCCCc1ccc2c(n1)N(C(=O)OC(C)(C)C)CCC2)c1ccc(OCCOCCOCCOCCN)nc1. The topological polar surface area (TPSA) is 145 Å². The van der Waals surface area contributed by atoms with Gasteiger partial charge in [-0.05, 0) is 82.9 Å². The highest BCUT2D eigenvalue weighted by Gasteiger charge is 2.28. The van der Waals surface area contributed by atoms with Crippen molar-refractivity contribution in [2.75, 3.05) is 70.8 Å². The Morgan fingerprint density at radius 2 is 1.63 bits per heavy atom. The van der Waals surface area contributed by atoms with Crippen molar-refractivity contribution < 1.29 is 38.0 Å². The maximum Gasteiger partial charge on any atom is 0.416 e. The zero-order chi connectivity index (χ0) is 35.3. The summed E-state index contributed by atoms with van der Waals surface area (Å²) in [6, 6.07) is 8.01. The average molecular weight is 687 g/mol. The summed E-state index contributed by atoms with van der Waals surface area (Å²) in [5, 5.41) is 0. The van der Waals surface area contributed by atoms with E-state index in [1.165, 1.54) is 0 Å². The highest BCUT2D eigenvalue weighted by atomic mass is 16.6. The number of unbranched alkanes of at least 4 members (excludes halogenated alkanes) is 3. The lowest BCUT2D eigenvalue weighted by Crippen LogP contribution is -2.40. The van der Waals surface area contributed by atoms with E-state index in [4.69, 9.17) is 39.1 Å². The van der Waals surface area contributed by atoms with Crippen LogP contribution in [0, 0.1) is 0 Å². The van der Waals surface area contributed by atoms with Crippen LogP contribution in [0.5, 0.6) is 5.88 Å². The number of carbonyl (C=O) groups excluding carboxylic acids is 2. The van der Waals surface area contributed by atoms with Gasteiger partial charge >= 0.3 is 12.1 Å². The summed E-state index contributed by atoms with van der Waals surface area (Å²) in [4.78, 5) is 36.3. The van der Waals surface area contributed by atoms with Crippen molar-refractivity contribution in [2.24, 2.45) is 5.73 Å². The number of nitrogens with two attached hydrogens (primary N) is 1. The van der Waals surface area contributed by atoms with E-state index >= 15 is 0 Å². The van der Waals surface area contributed by atoms with Crippen molar-refractivity contribution in [2.45, 2.75) is 97.0 Å². The zero-order valence-electron chi connectivity index (χ0n) is 30.1. The van der Waals surface area contributed by atoms with Crippen LogP contribution in [0.4, 0.5) is 10.6 Å². The summed E-state index contributed by atoms with van der Waals surface area (Å²) in [7, 11) is 0. The number of nitrogens with zero attached hydrogens (tertiary/aromatic N) is 3. The maximum atomic E-state index is 12.8. The Kier molecular flexibility index (Phi) is 18.3. The van der Waals surface area contributed by atoms with E-state index < -0.39 is 5.60 Å². The summed E-state index contributed by atoms with van der Waals surface area (Å²) in [5.74, 6) is 1.07. The van der Waals surface area contributed by atoms with Gasteiger partial charge in [-0.25, -0.2) is 14.8 Å². The summed E-state index contributed by atoms with van der Waals surface area (Å²) in [5.41, 5.74) is 7.90. The summed E-state index contributed by atoms with van der Waals surface area (Å²) in [6.07, 6.45) is 9.35. The molecule has 0 aliphatic carbocycles. The first kappa shape index (κ1) is 40.1. The third-order valence-electron chi connectivity index (χ3n) is 7.88. The normalized spacial score (nSPS) is 13.5. The fourth-order valence-electron chi connectivity index (χ4n) is 5.52. The first-order valence-corrected chi connectivity index (χ1v) is 17.9. The molecule has 2 aromatic heterocycles. The molecular weight excluding hydrogens is 628 g/mol. The number of amides is 1. The average Bonchev–Trinajstić information content (AvgIpc) is 3.07. The minimum absolute atomic E-state index is 0.0192. The van der Waals surface area contributed by atoms with Crippen LogP contribution in [0.3, 0.4) is 0 Å². The molecule has 0 radical (unpaired) electrons. The molecule has 12 heteroatoms. The van der Waals surface area contributed by atoms with Crippen LogP contribution in [0.2, 0.25) is 0 Å². The molecule has 1 aliphatic heterocycles. The molecule has 1 unspecified atom stereocenters. The number of rotatable bonds is 23. The number of ether oxygens (including phenoxy) is 6. The van der Waals surface area contributed by atoms with E-state index in [2.05, 4.69) is 17.1 Å². The maximum absolute atomic E-state index is 12.8. The Morgan fingerprint density at radius 3 is 2.31 bits per heavy atom. The second-order valence-corrected chi connectivity index (χ2v) is 13.1. The lowest BCUT2D eigenvalue weighted by atomic mass is 9.91. The molecule has 0 aromatic carbocycles. The number of esters is 1. The number of hydrogen-bond donors (Lipinski definition) is 1. The second-order valence-electron chi connectivity index (χ2n) is 13.1. The van der Waals surface area contributed by atoms with Gasteiger partial charge in [-0.2, -0.15) is 0 Å². The summed E-state index contributed by atoms with van der Waals surface area (Å²) >= 11 is 0. The molecule has 1 amide bonds. The van der Waals surface area contributed by atoms with Gasteiger partial charge in [0.15, 0.2) is 0 Å².